The number of nitrogens with zero attached hydrogens (tertiary/aromatic N) is 3. The van der Waals surface area contributed by atoms with Crippen LogP contribution in [0, 0.1) is 12.8 Å². The molecular formula is C19H33N5S. The second-order valence-corrected chi connectivity index (χ2v) is 8.57. The monoisotopic (exact) mass is 363 g/mol. The van der Waals surface area contributed by atoms with E-state index < -0.39 is 0 Å². The lowest BCUT2D eigenvalue weighted by Gasteiger charge is -2.32. The zero-order chi connectivity index (χ0) is 17.5. The SMILES string of the molecule is CN=C(NCC1CCN(Cc2csc(C)n2)CC1)NC1CCCCC1. The summed E-state index contributed by atoms with van der Waals surface area (Å²) in [6.45, 7) is 6.49. The molecule has 0 spiro atoms. The van der Waals surface area contributed by atoms with Gasteiger partial charge >= 0.3 is 0 Å². The highest BCUT2D eigenvalue weighted by atomic mass is 32.1. The molecule has 0 bridgehead atoms. The lowest BCUT2D eigenvalue weighted by atomic mass is 9.95. The molecule has 1 aromatic rings. The van der Waals surface area contributed by atoms with E-state index in [-0.39, 0.29) is 0 Å². The number of hydrogen-bond acceptors (Lipinski definition) is 4. The average molecular weight is 364 g/mol. The molecular weight excluding hydrogens is 330 g/mol. The number of guanidine groups is 1. The van der Waals surface area contributed by atoms with E-state index >= 15 is 0 Å². The highest BCUT2D eigenvalue weighted by Gasteiger charge is 2.21. The van der Waals surface area contributed by atoms with Crippen LogP contribution in [0.3, 0.4) is 0 Å². The largest absolute Gasteiger partial charge is 0.356 e. The molecule has 140 valence electrons. The number of aryl methyl sites for hydroxylation is 1. The van der Waals surface area contributed by atoms with Gasteiger partial charge in [0.15, 0.2) is 5.96 Å². The summed E-state index contributed by atoms with van der Waals surface area (Å²) in [7, 11) is 1.89. The van der Waals surface area contributed by atoms with E-state index in [0.717, 1.165) is 25.0 Å². The standard InChI is InChI=1S/C19H33N5S/c1-15-22-18(14-25-15)13-24-10-8-16(9-11-24)12-21-19(20-2)23-17-6-4-3-5-7-17/h14,16-17H,3-13H2,1-2H3,(H2,20,21,23). The van der Waals surface area contributed by atoms with E-state index in [4.69, 9.17) is 0 Å². The van der Waals surface area contributed by atoms with Gasteiger partial charge in [0.1, 0.15) is 0 Å². The zero-order valence-electron chi connectivity index (χ0n) is 15.8. The average Bonchev–Trinajstić information content (AvgIpc) is 3.05. The zero-order valence-corrected chi connectivity index (χ0v) is 16.6. The Labute approximate surface area is 156 Å². The molecule has 3 rings (SSSR count). The molecule has 0 radical (unpaired) electrons. The molecule has 25 heavy (non-hydrogen) atoms. The maximum absolute atomic E-state index is 4.59. The lowest BCUT2D eigenvalue weighted by molar-refractivity contribution is 0.176. The Balaban J connectivity index is 1.35. The van der Waals surface area contributed by atoms with Crippen LogP contribution in [0.2, 0.25) is 0 Å². The molecule has 1 aliphatic carbocycles. The fraction of sp³-hybridized carbons (Fsp3) is 0.789. The molecule has 0 aromatic carbocycles. The number of rotatable bonds is 5. The quantitative estimate of drug-likeness (QED) is 0.623. The van der Waals surface area contributed by atoms with E-state index in [0.29, 0.717) is 6.04 Å². The maximum atomic E-state index is 4.59. The van der Waals surface area contributed by atoms with Crippen molar-refractivity contribution in [1.29, 1.82) is 0 Å². The van der Waals surface area contributed by atoms with Crippen LogP contribution in [0.5, 0.6) is 0 Å². The molecule has 2 N–H and O–H groups in total. The number of hydrogen-bond donors (Lipinski definition) is 2. The predicted molar refractivity (Wildman–Crippen MR) is 106 cm³/mol. The van der Waals surface area contributed by atoms with Gasteiger partial charge in [-0.3, -0.25) is 9.89 Å². The van der Waals surface area contributed by atoms with Crippen molar-refractivity contribution in [3.05, 3.63) is 16.1 Å². The Morgan fingerprint density at radius 3 is 2.64 bits per heavy atom. The summed E-state index contributed by atoms with van der Waals surface area (Å²) in [6, 6.07) is 0.614. The van der Waals surface area contributed by atoms with Crippen molar-refractivity contribution < 1.29 is 0 Å². The smallest absolute Gasteiger partial charge is 0.191 e. The Bertz CT molecular complexity index is 542. The number of thiazole rings is 1. The van der Waals surface area contributed by atoms with Gasteiger partial charge in [0, 0.05) is 31.6 Å². The van der Waals surface area contributed by atoms with Gasteiger partial charge < -0.3 is 10.6 Å². The highest BCUT2D eigenvalue weighted by Crippen LogP contribution is 2.20. The van der Waals surface area contributed by atoms with Gasteiger partial charge in [-0.05, 0) is 51.6 Å². The number of piperidine rings is 1. The first kappa shape index (κ1) is 18.6. The molecule has 0 atom stereocenters. The topological polar surface area (TPSA) is 52.6 Å². The summed E-state index contributed by atoms with van der Waals surface area (Å²) in [5.41, 5.74) is 1.23. The van der Waals surface area contributed by atoms with Crippen LogP contribution in [0.25, 0.3) is 0 Å². The summed E-state index contributed by atoms with van der Waals surface area (Å²) >= 11 is 1.75. The molecule has 1 aromatic heterocycles. The van der Waals surface area contributed by atoms with Crippen molar-refractivity contribution in [2.24, 2.45) is 10.9 Å². The van der Waals surface area contributed by atoms with Crippen LogP contribution in [0.15, 0.2) is 10.4 Å². The Hall–Kier alpha value is -1.14. The molecule has 6 heteroatoms. The van der Waals surface area contributed by atoms with E-state index in [9.17, 15) is 0 Å². The minimum Gasteiger partial charge on any atom is -0.356 e. The van der Waals surface area contributed by atoms with Gasteiger partial charge in [-0.15, -0.1) is 11.3 Å². The van der Waals surface area contributed by atoms with Crippen molar-refractivity contribution in [3.8, 4) is 0 Å². The molecule has 2 heterocycles. The number of likely N-dealkylation sites (tertiary alicyclic amines) is 1. The van der Waals surface area contributed by atoms with Gasteiger partial charge in [-0.1, -0.05) is 19.3 Å². The molecule has 5 nitrogen and oxygen atoms in total. The second kappa shape index (κ2) is 9.53. The summed E-state index contributed by atoms with van der Waals surface area (Å²) in [5.74, 6) is 1.74. The van der Waals surface area contributed by atoms with Crippen LogP contribution >= 0.6 is 11.3 Å². The summed E-state index contributed by atoms with van der Waals surface area (Å²) in [6.07, 6.45) is 9.19. The minimum absolute atomic E-state index is 0.614. The van der Waals surface area contributed by atoms with Crippen LogP contribution in [0.1, 0.15) is 55.6 Å². The fourth-order valence-corrected chi connectivity index (χ4v) is 4.54. The lowest BCUT2D eigenvalue weighted by Crippen LogP contribution is -2.46. The van der Waals surface area contributed by atoms with Gasteiger partial charge in [-0.25, -0.2) is 4.98 Å². The Morgan fingerprint density at radius 1 is 1.24 bits per heavy atom. The third kappa shape index (κ3) is 5.96. The number of aliphatic imine (C=N–C) groups is 1. The van der Waals surface area contributed by atoms with Crippen molar-refractivity contribution >= 4 is 17.3 Å². The predicted octanol–water partition coefficient (Wildman–Crippen LogP) is 3.16. The number of nitrogens with one attached hydrogen (secondary N) is 2. The number of aromatic nitrogens is 1. The van der Waals surface area contributed by atoms with Gasteiger partial charge in [-0.2, -0.15) is 0 Å². The van der Waals surface area contributed by atoms with Gasteiger partial charge in [0.25, 0.3) is 0 Å². The van der Waals surface area contributed by atoms with E-state index in [1.807, 2.05) is 7.05 Å². The molecule has 2 fully saturated rings. The maximum Gasteiger partial charge on any atom is 0.191 e. The highest BCUT2D eigenvalue weighted by molar-refractivity contribution is 7.09. The van der Waals surface area contributed by atoms with Crippen LogP contribution < -0.4 is 10.6 Å². The van der Waals surface area contributed by atoms with Crippen molar-refractivity contribution in [2.75, 3.05) is 26.7 Å². The normalized spacial score (nSPS) is 21.4. The summed E-state index contributed by atoms with van der Waals surface area (Å²) < 4.78 is 0. The fourth-order valence-electron chi connectivity index (χ4n) is 3.93. The van der Waals surface area contributed by atoms with Crippen molar-refractivity contribution in [2.45, 2.75) is 64.5 Å². The summed E-state index contributed by atoms with van der Waals surface area (Å²) in [5, 5.41) is 10.5. The van der Waals surface area contributed by atoms with Crippen LogP contribution in [-0.4, -0.2) is 48.6 Å². The molecule has 1 saturated heterocycles. The Morgan fingerprint density at radius 2 is 2.00 bits per heavy atom. The molecule has 1 aliphatic heterocycles. The van der Waals surface area contributed by atoms with Crippen molar-refractivity contribution in [1.82, 2.24) is 20.5 Å². The molecule has 2 aliphatic rings. The first-order chi connectivity index (χ1) is 12.2. The minimum atomic E-state index is 0.614. The van der Waals surface area contributed by atoms with Crippen LogP contribution in [0.4, 0.5) is 0 Å². The first-order valence-corrected chi connectivity index (χ1v) is 10.7. The first-order valence-electron chi connectivity index (χ1n) is 9.83. The third-order valence-corrected chi connectivity index (χ3v) is 6.31. The molecule has 0 amide bonds. The molecule has 1 saturated carbocycles. The van der Waals surface area contributed by atoms with E-state index in [2.05, 4.69) is 37.8 Å². The van der Waals surface area contributed by atoms with E-state index in [1.54, 1.807) is 11.3 Å². The van der Waals surface area contributed by atoms with Crippen molar-refractivity contribution in [3.63, 3.8) is 0 Å². The third-order valence-electron chi connectivity index (χ3n) is 5.49. The van der Waals surface area contributed by atoms with E-state index in [1.165, 1.54) is 68.7 Å². The van der Waals surface area contributed by atoms with Crippen LogP contribution in [-0.2, 0) is 6.54 Å². The van der Waals surface area contributed by atoms with Gasteiger partial charge in [0.2, 0.25) is 0 Å². The second-order valence-electron chi connectivity index (χ2n) is 7.51. The van der Waals surface area contributed by atoms with Gasteiger partial charge in [0.05, 0.1) is 10.7 Å². The summed E-state index contributed by atoms with van der Waals surface area (Å²) in [4.78, 5) is 11.5. The molecule has 0 unspecified atom stereocenters. The Kier molecular flexibility index (Phi) is 7.11.